The second-order valence-corrected chi connectivity index (χ2v) is 5.38. The lowest BCUT2D eigenvalue weighted by atomic mass is 9.86. The zero-order valence-corrected chi connectivity index (χ0v) is 11.8. The van der Waals surface area contributed by atoms with Gasteiger partial charge in [0, 0.05) is 19.6 Å². The van der Waals surface area contributed by atoms with Crippen LogP contribution >= 0.6 is 0 Å². The minimum atomic E-state index is -0.962. The first kappa shape index (κ1) is 14.0. The molecule has 0 aromatic heterocycles. The number of imide groups is 1. The zero-order chi connectivity index (χ0) is 14.7. The molecule has 0 bridgehead atoms. The highest BCUT2D eigenvalue weighted by atomic mass is 16.5. The quantitative estimate of drug-likeness (QED) is 0.789. The summed E-state index contributed by atoms with van der Waals surface area (Å²) in [5.74, 6) is -0.271. The van der Waals surface area contributed by atoms with Crippen LogP contribution < -0.4 is 10.6 Å². The third-order valence-corrected chi connectivity index (χ3v) is 4.11. The van der Waals surface area contributed by atoms with Gasteiger partial charge in [-0.25, -0.2) is 4.79 Å². The Morgan fingerprint density at radius 2 is 1.86 bits per heavy atom. The molecule has 1 aromatic rings. The average molecular weight is 289 g/mol. The summed E-state index contributed by atoms with van der Waals surface area (Å²) in [4.78, 5) is 26.2. The monoisotopic (exact) mass is 289 g/mol. The molecule has 3 amide bonds. The number of nitrogens with zero attached hydrogens (tertiary/aromatic N) is 1. The number of carbonyl (C=O) groups excluding carboxylic acids is 2. The summed E-state index contributed by atoms with van der Waals surface area (Å²) in [6, 6.07) is 8.99. The van der Waals surface area contributed by atoms with Crippen molar-refractivity contribution in [3.8, 4) is 0 Å². The third-order valence-electron chi connectivity index (χ3n) is 4.11. The van der Waals surface area contributed by atoms with Gasteiger partial charge in [-0.2, -0.15) is 0 Å². The van der Waals surface area contributed by atoms with E-state index >= 15 is 0 Å². The van der Waals surface area contributed by atoms with Crippen molar-refractivity contribution in [1.82, 2.24) is 15.5 Å². The van der Waals surface area contributed by atoms with Crippen LogP contribution in [0, 0.1) is 0 Å². The van der Waals surface area contributed by atoms with Gasteiger partial charge in [0.05, 0.1) is 13.2 Å². The van der Waals surface area contributed by atoms with E-state index in [9.17, 15) is 9.59 Å². The van der Waals surface area contributed by atoms with E-state index in [1.54, 1.807) is 0 Å². The van der Waals surface area contributed by atoms with Crippen molar-refractivity contribution in [1.29, 1.82) is 0 Å². The van der Waals surface area contributed by atoms with E-state index in [0.29, 0.717) is 6.42 Å². The molecule has 2 aliphatic rings. The van der Waals surface area contributed by atoms with Gasteiger partial charge in [0.2, 0.25) is 0 Å². The Morgan fingerprint density at radius 3 is 2.48 bits per heavy atom. The van der Waals surface area contributed by atoms with Crippen LogP contribution in [0.5, 0.6) is 0 Å². The van der Waals surface area contributed by atoms with Gasteiger partial charge in [0.15, 0.2) is 0 Å². The third kappa shape index (κ3) is 2.77. The Hall–Kier alpha value is -1.92. The minimum Gasteiger partial charge on any atom is -0.379 e. The van der Waals surface area contributed by atoms with Crippen molar-refractivity contribution in [3.63, 3.8) is 0 Å². The molecule has 0 radical (unpaired) electrons. The van der Waals surface area contributed by atoms with E-state index in [1.165, 1.54) is 0 Å². The van der Waals surface area contributed by atoms with E-state index in [-0.39, 0.29) is 5.91 Å². The van der Waals surface area contributed by atoms with Gasteiger partial charge in [0.1, 0.15) is 5.54 Å². The van der Waals surface area contributed by atoms with E-state index in [2.05, 4.69) is 15.5 Å². The summed E-state index contributed by atoms with van der Waals surface area (Å²) in [7, 11) is 0. The number of hydrogen-bond donors (Lipinski definition) is 2. The van der Waals surface area contributed by atoms with Crippen LogP contribution in [0.25, 0.3) is 0 Å². The highest BCUT2D eigenvalue weighted by molar-refractivity contribution is 6.07. The Balaban J connectivity index is 1.80. The van der Waals surface area contributed by atoms with Gasteiger partial charge in [-0.15, -0.1) is 0 Å². The van der Waals surface area contributed by atoms with Gasteiger partial charge in [-0.05, 0) is 12.0 Å². The van der Waals surface area contributed by atoms with Gasteiger partial charge < -0.3 is 10.1 Å². The molecule has 0 aliphatic carbocycles. The average Bonchev–Trinajstić information content (AvgIpc) is 2.82. The smallest absolute Gasteiger partial charge is 0.322 e. The first-order valence-electron chi connectivity index (χ1n) is 7.20. The van der Waals surface area contributed by atoms with E-state index in [4.69, 9.17) is 4.74 Å². The number of amides is 3. The Bertz CT molecular complexity index is 528. The highest BCUT2D eigenvalue weighted by Gasteiger charge is 2.47. The first-order valence-corrected chi connectivity index (χ1v) is 7.20. The molecule has 0 saturated carbocycles. The molecular formula is C15H19N3O3. The number of hydrogen-bond acceptors (Lipinski definition) is 4. The van der Waals surface area contributed by atoms with Crippen LogP contribution in [0.2, 0.25) is 0 Å². The summed E-state index contributed by atoms with van der Waals surface area (Å²) in [6.45, 7) is 3.90. The number of carbonyl (C=O) groups is 2. The molecule has 112 valence electrons. The van der Waals surface area contributed by atoms with Gasteiger partial charge in [0.25, 0.3) is 5.91 Å². The zero-order valence-electron chi connectivity index (χ0n) is 11.8. The molecule has 2 N–H and O–H groups in total. The van der Waals surface area contributed by atoms with Gasteiger partial charge >= 0.3 is 6.03 Å². The molecule has 1 atom stereocenters. The van der Waals surface area contributed by atoms with Gasteiger partial charge in [-0.3, -0.25) is 15.0 Å². The number of rotatable bonds is 4. The fourth-order valence-electron chi connectivity index (χ4n) is 2.89. The second-order valence-electron chi connectivity index (χ2n) is 5.38. The van der Waals surface area contributed by atoms with Crippen molar-refractivity contribution in [2.24, 2.45) is 0 Å². The van der Waals surface area contributed by atoms with Crippen LogP contribution in [0.15, 0.2) is 30.3 Å². The van der Waals surface area contributed by atoms with Crippen LogP contribution in [-0.2, 0) is 15.1 Å². The van der Waals surface area contributed by atoms with E-state index in [1.807, 2.05) is 30.3 Å². The SMILES string of the molecule is O=C1NC(=O)C(CCN2CCOCC2)(c2ccccc2)N1. The summed E-state index contributed by atoms with van der Waals surface area (Å²) >= 11 is 0. The predicted octanol–water partition coefficient (Wildman–Crippen LogP) is 0.444. The van der Waals surface area contributed by atoms with Crippen molar-refractivity contribution in [2.75, 3.05) is 32.8 Å². The maximum absolute atomic E-state index is 12.3. The second kappa shape index (κ2) is 5.83. The van der Waals surface area contributed by atoms with Crippen molar-refractivity contribution in [2.45, 2.75) is 12.0 Å². The van der Waals surface area contributed by atoms with Crippen LogP contribution in [0.4, 0.5) is 4.79 Å². The van der Waals surface area contributed by atoms with Gasteiger partial charge in [-0.1, -0.05) is 30.3 Å². The summed E-state index contributed by atoms with van der Waals surface area (Å²) < 4.78 is 5.33. The molecular weight excluding hydrogens is 270 g/mol. The largest absolute Gasteiger partial charge is 0.379 e. The highest BCUT2D eigenvalue weighted by Crippen LogP contribution is 2.29. The molecule has 1 aromatic carbocycles. The number of benzene rings is 1. The number of morpholine rings is 1. The molecule has 1 unspecified atom stereocenters. The molecule has 0 spiro atoms. The number of urea groups is 1. The maximum atomic E-state index is 12.3. The molecule has 6 nitrogen and oxygen atoms in total. The molecule has 2 fully saturated rings. The van der Waals surface area contributed by atoms with Crippen molar-refractivity contribution >= 4 is 11.9 Å². The van der Waals surface area contributed by atoms with Crippen LogP contribution in [0.3, 0.4) is 0 Å². The van der Waals surface area contributed by atoms with Crippen LogP contribution in [-0.4, -0.2) is 49.7 Å². The summed E-state index contributed by atoms with van der Waals surface area (Å²) in [5.41, 5.74) is -0.141. The number of ether oxygens (including phenoxy) is 1. The minimum absolute atomic E-state index is 0.271. The Morgan fingerprint density at radius 1 is 1.14 bits per heavy atom. The summed E-state index contributed by atoms with van der Waals surface area (Å²) in [6.07, 6.45) is 0.550. The standard InChI is InChI=1S/C15H19N3O3/c19-13-15(17-14(20)16-13,12-4-2-1-3-5-12)6-7-18-8-10-21-11-9-18/h1-5H,6-11H2,(H2,16,17,19,20). The lowest BCUT2D eigenvalue weighted by Gasteiger charge is -2.32. The van der Waals surface area contributed by atoms with Crippen LogP contribution in [0.1, 0.15) is 12.0 Å². The molecule has 2 aliphatic heterocycles. The van der Waals surface area contributed by atoms with Crippen molar-refractivity contribution in [3.05, 3.63) is 35.9 Å². The van der Waals surface area contributed by atoms with Crippen molar-refractivity contribution < 1.29 is 14.3 Å². The maximum Gasteiger partial charge on any atom is 0.322 e. The molecule has 2 heterocycles. The molecule has 21 heavy (non-hydrogen) atoms. The first-order chi connectivity index (χ1) is 10.2. The van der Waals surface area contributed by atoms with E-state index in [0.717, 1.165) is 38.4 Å². The summed E-state index contributed by atoms with van der Waals surface area (Å²) in [5, 5.41) is 5.18. The Kier molecular flexibility index (Phi) is 3.90. The fraction of sp³-hybridized carbons (Fsp3) is 0.467. The molecule has 2 saturated heterocycles. The molecule has 6 heteroatoms. The number of nitrogens with one attached hydrogen (secondary N) is 2. The van der Waals surface area contributed by atoms with E-state index < -0.39 is 11.6 Å². The predicted molar refractivity (Wildman–Crippen MR) is 76.7 cm³/mol. The lowest BCUT2D eigenvalue weighted by molar-refractivity contribution is -0.124. The molecule has 3 rings (SSSR count). The lowest BCUT2D eigenvalue weighted by Crippen LogP contribution is -2.47. The topological polar surface area (TPSA) is 70.7 Å². The fourth-order valence-corrected chi connectivity index (χ4v) is 2.89. The normalized spacial score (nSPS) is 26.5. The Labute approximate surface area is 123 Å².